The van der Waals surface area contributed by atoms with Crippen LogP contribution >= 0.6 is 0 Å². The maximum atomic E-state index is 13.7. The van der Waals surface area contributed by atoms with E-state index < -0.39 is 83.9 Å². The van der Waals surface area contributed by atoms with Crippen molar-refractivity contribution >= 4 is 0 Å². The molecule has 1 aliphatic heterocycles. The Morgan fingerprint density at radius 3 is 1.60 bits per heavy atom. The van der Waals surface area contributed by atoms with E-state index in [0.29, 0.717) is 0 Å². The fourth-order valence-electron chi connectivity index (χ4n) is 5.91. The average molecular weight is 468 g/mol. The maximum absolute atomic E-state index is 13.7. The van der Waals surface area contributed by atoms with Gasteiger partial charge in [0.2, 0.25) is 0 Å². The Morgan fingerprint density at radius 2 is 1.23 bits per heavy atom. The van der Waals surface area contributed by atoms with Crippen molar-refractivity contribution in [1.29, 1.82) is 0 Å². The lowest BCUT2D eigenvalue weighted by Crippen LogP contribution is -2.73. The third kappa shape index (κ3) is 2.67. The summed E-state index contributed by atoms with van der Waals surface area (Å²) in [6, 6.07) is 0. The summed E-state index contributed by atoms with van der Waals surface area (Å²) in [5, 5.41) is 9.91. The molecule has 1 N–H and O–H groups in total. The van der Waals surface area contributed by atoms with Crippen LogP contribution < -0.4 is 0 Å². The Morgan fingerprint density at radius 1 is 0.800 bits per heavy atom. The lowest BCUT2D eigenvalue weighted by Gasteiger charge is -2.60. The summed E-state index contributed by atoms with van der Waals surface area (Å²) in [5.74, 6) is -10.7. The quantitative estimate of drug-likeness (QED) is 0.523. The van der Waals surface area contributed by atoms with Gasteiger partial charge in [-0.05, 0) is 30.1 Å². The molecule has 0 aromatic heterocycles. The van der Waals surface area contributed by atoms with Crippen LogP contribution in [0.15, 0.2) is 0 Å². The first kappa shape index (κ1) is 23.7. The first-order chi connectivity index (χ1) is 13.0. The lowest BCUT2D eigenvalue weighted by atomic mass is 9.44. The van der Waals surface area contributed by atoms with Crippen molar-refractivity contribution < 1.29 is 62.5 Å². The van der Waals surface area contributed by atoms with E-state index in [0.717, 1.165) is 13.8 Å². The third-order valence-electron chi connectivity index (χ3n) is 7.01. The number of rotatable bonds is 1. The Bertz CT molecular complexity index is 673. The fourth-order valence-corrected chi connectivity index (χ4v) is 5.91. The first-order valence-corrected chi connectivity index (χ1v) is 8.71. The second-order valence-electron chi connectivity index (χ2n) is 8.90. The van der Waals surface area contributed by atoms with Gasteiger partial charge in [-0.2, -0.15) is 52.7 Å². The molecule has 4 aliphatic rings. The standard InChI is InChI=1S/C16H16F12O2/c1-10(2)4-5-7-3-6(10)9(11(29,13(17,18)19)14(20,21)22)8(5)12(30-7,15(23,24)25)16(26,27)28/h5-9,29H,3-4H2,1-2H3/t5-,6?,7?,8?,9?/m0/s1. The molecule has 1 heterocycles. The largest absolute Gasteiger partial charge is 0.426 e. The molecule has 14 heteroatoms. The number of ether oxygens (including phenoxy) is 1. The summed E-state index contributed by atoms with van der Waals surface area (Å²) in [4.78, 5) is 0. The van der Waals surface area contributed by atoms with Gasteiger partial charge in [0.1, 0.15) is 0 Å². The van der Waals surface area contributed by atoms with Gasteiger partial charge in [-0.15, -0.1) is 0 Å². The highest BCUT2D eigenvalue weighted by Gasteiger charge is 2.89. The normalized spacial score (nSPS) is 36.3. The molecule has 0 spiro atoms. The van der Waals surface area contributed by atoms with Crippen molar-refractivity contribution in [3.63, 3.8) is 0 Å². The monoisotopic (exact) mass is 468 g/mol. The van der Waals surface area contributed by atoms with Crippen molar-refractivity contribution in [2.45, 2.75) is 68.7 Å². The number of aliphatic hydroxyl groups is 1. The van der Waals surface area contributed by atoms with Crippen LogP contribution in [0, 0.1) is 29.1 Å². The van der Waals surface area contributed by atoms with Crippen molar-refractivity contribution in [3.05, 3.63) is 0 Å². The van der Waals surface area contributed by atoms with Gasteiger partial charge >= 0.3 is 24.7 Å². The number of halogens is 12. The molecule has 2 nitrogen and oxygen atoms in total. The summed E-state index contributed by atoms with van der Waals surface area (Å²) in [5.41, 5.74) is -12.5. The third-order valence-corrected chi connectivity index (χ3v) is 7.01. The van der Waals surface area contributed by atoms with Crippen molar-refractivity contribution in [1.82, 2.24) is 0 Å². The van der Waals surface area contributed by atoms with Crippen LogP contribution in [-0.4, -0.2) is 47.1 Å². The molecule has 30 heavy (non-hydrogen) atoms. The van der Waals surface area contributed by atoms with Crippen molar-refractivity contribution in [3.8, 4) is 0 Å². The van der Waals surface area contributed by atoms with Crippen molar-refractivity contribution in [2.75, 3.05) is 0 Å². The molecule has 4 unspecified atom stereocenters. The maximum Gasteiger partial charge on any atom is 0.426 e. The number of hydrogen-bond acceptors (Lipinski definition) is 2. The Balaban J connectivity index is 2.36. The lowest BCUT2D eigenvalue weighted by molar-refractivity contribution is -0.423. The van der Waals surface area contributed by atoms with Gasteiger partial charge in [-0.3, -0.25) is 0 Å². The second kappa shape index (κ2) is 5.90. The van der Waals surface area contributed by atoms with Gasteiger partial charge in [0.15, 0.2) is 0 Å². The fraction of sp³-hybridized carbons (Fsp3) is 1.00. The zero-order valence-corrected chi connectivity index (χ0v) is 15.2. The minimum Gasteiger partial charge on any atom is -0.373 e. The zero-order valence-electron chi connectivity index (χ0n) is 15.2. The zero-order chi connectivity index (χ0) is 23.5. The van der Waals surface area contributed by atoms with Crippen LogP contribution in [0.3, 0.4) is 0 Å². The topological polar surface area (TPSA) is 29.5 Å². The molecule has 4 fully saturated rings. The van der Waals surface area contributed by atoms with E-state index in [-0.39, 0.29) is 0 Å². The summed E-state index contributed by atoms with van der Waals surface area (Å²) < 4.78 is 168. The minimum atomic E-state index is -6.58. The summed E-state index contributed by atoms with van der Waals surface area (Å²) >= 11 is 0. The van der Waals surface area contributed by atoms with E-state index in [1.807, 2.05) is 0 Å². The van der Waals surface area contributed by atoms with Gasteiger partial charge in [0.05, 0.1) is 6.10 Å². The molecule has 4 bridgehead atoms. The Hall–Kier alpha value is -0.920. The first-order valence-electron chi connectivity index (χ1n) is 8.71. The molecule has 0 aromatic rings. The van der Waals surface area contributed by atoms with E-state index in [1.165, 1.54) is 0 Å². The molecule has 176 valence electrons. The van der Waals surface area contributed by atoms with Crippen LogP contribution in [0.2, 0.25) is 0 Å². The predicted molar refractivity (Wildman–Crippen MR) is 73.7 cm³/mol. The Labute approximate surface area is 161 Å². The molecule has 0 amide bonds. The molecular weight excluding hydrogens is 452 g/mol. The van der Waals surface area contributed by atoms with Crippen LogP contribution in [0.1, 0.15) is 26.7 Å². The molecule has 3 saturated carbocycles. The highest BCUT2D eigenvalue weighted by Crippen LogP contribution is 2.74. The van der Waals surface area contributed by atoms with E-state index in [2.05, 4.69) is 4.74 Å². The molecule has 4 rings (SSSR count). The van der Waals surface area contributed by atoms with E-state index in [4.69, 9.17) is 0 Å². The summed E-state index contributed by atoms with van der Waals surface area (Å²) in [7, 11) is 0. The Kier molecular flexibility index (Phi) is 4.67. The van der Waals surface area contributed by atoms with E-state index in [9.17, 15) is 57.8 Å². The number of fused-ring (bicyclic) bond motifs is 1. The molecule has 3 aliphatic carbocycles. The molecule has 1 saturated heterocycles. The average Bonchev–Trinajstić information content (AvgIpc) is 2.70. The summed E-state index contributed by atoms with van der Waals surface area (Å²) in [6.07, 6.45) is -29.1. The van der Waals surface area contributed by atoms with Gasteiger partial charge < -0.3 is 9.84 Å². The predicted octanol–water partition coefficient (Wildman–Crippen LogP) is 5.40. The molecule has 0 radical (unpaired) electrons. The smallest absolute Gasteiger partial charge is 0.373 e. The summed E-state index contributed by atoms with van der Waals surface area (Å²) in [6.45, 7) is 2.32. The van der Waals surface area contributed by atoms with Crippen molar-refractivity contribution in [2.24, 2.45) is 29.1 Å². The molecular formula is C16H16F12O2. The SMILES string of the molecule is CC1(C)C[C@H]2C3CC1C(C(O)(C(F)(F)F)C(F)(F)F)C2C(C(F)(F)F)(C(F)(F)F)O3. The molecule has 5 atom stereocenters. The van der Waals surface area contributed by atoms with Gasteiger partial charge in [-0.25, -0.2) is 0 Å². The van der Waals surface area contributed by atoms with Crippen LogP contribution in [-0.2, 0) is 4.74 Å². The van der Waals surface area contributed by atoms with Gasteiger partial charge in [0.25, 0.3) is 11.2 Å². The van der Waals surface area contributed by atoms with Crippen LogP contribution in [0.5, 0.6) is 0 Å². The van der Waals surface area contributed by atoms with E-state index >= 15 is 0 Å². The molecule has 0 aromatic carbocycles. The van der Waals surface area contributed by atoms with Gasteiger partial charge in [-0.1, -0.05) is 13.8 Å². The highest BCUT2D eigenvalue weighted by atomic mass is 19.4. The second-order valence-corrected chi connectivity index (χ2v) is 8.90. The van der Waals surface area contributed by atoms with Crippen LogP contribution in [0.25, 0.3) is 0 Å². The number of hydrogen-bond donors (Lipinski definition) is 1. The number of alkyl halides is 12. The van der Waals surface area contributed by atoms with Gasteiger partial charge in [0, 0.05) is 11.8 Å². The highest BCUT2D eigenvalue weighted by molar-refractivity contribution is 5.23. The van der Waals surface area contributed by atoms with Crippen LogP contribution in [0.4, 0.5) is 52.7 Å². The van der Waals surface area contributed by atoms with E-state index in [1.54, 1.807) is 0 Å². The minimum absolute atomic E-state index is 0.511.